The molecular formula is C29H36N4O3. The lowest BCUT2D eigenvalue weighted by Gasteiger charge is -2.41. The van der Waals surface area contributed by atoms with Crippen molar-refractivity contribution in [1.29, 1.82) is 0 Å². The number of nitrogens with zero attached hydrogens (tertiary/aromatic N) is 3. The molecule has 2 atom stereocenters. The van der Waals surface area contributed by atoms with Crippen molar-refractivity contribution in [2.75, 3.05) is 13.7 Å². The maximum absolute atomic E-state index is 13.7. The summed E-state index contributed by atoms with van der Waals surface area (Å²) in [6.07, 6.45) is 2.75. The number of rotatable bonds is 9. The molecule has 0 spiro atoms. The van der Waals surface area contributed by atoms with Crippen LogP contribution in [-0.2, 0) is 16.1 Å². The van der Waals surface area contributed by atoms with Gasteiger partial charge in [0.15, 0.2) is 0 Å². The van der Waals surface area contributed by atoms with Gasteiger partial charge in [0.05, 0.1) is 30.5 Å². The number of piperidine rings is 1. The van der Waals surface area contributed by atoms with E-state index in [0.717, 1.165) is 41.0 Å². The highest BCUT2D eigenvalue weighted by atomic mass is 16.5. The lowest BCUT2D eigenvalue weighted by molar-refractivity contribution is -0.143. The smallest absolute Gasteiger partial charge is 0.225 e. The first kappa shape index (κ1) is 25.5. The maximum Gasteiger partial charge on any atom is 0.225 e. The summed E-state index contributed by atoms with van der Waals surface area (Å²) in [7, 11) is 1.63. The summed E-state index contributed by atoms with van der Waals surface area (Å²) in [4.78, 5) is 28.6. The SMILES string of the molecule is CCCCN1C(=O)CCC(C(=O)NCc2c(C)nn(-c3ccccc3)c2C)C1c1ccccc1OC. The number of hydrogen-bond acceptors (Lipinski definition) is 4. The van der Waals surface area contributed by atoms with Crippen LogP contribution in [0.4, 0.5) is 0 Å². The molecule has 1 N–H and O–H groups in total. The molecule has 2 unspecified atom stereocenters. The predicted molar refractivity (Wildman–Crippen MR) is 140 cm³/mol. The van der Waals surface area contributed by atoms with Crippen LogP contribution in [0.25, 0.3) is 5.69 Å². The monoisotopic (exact) mass is 488 g/mol. The fraction of sp³-hybridized carbons (Fsp3) is 0.414. The molecule has 2 amide bonds. The van der Waals surface area contributed by atoms with Crippen molar-refractivity contribution in [2.45, 2.75) is 59.0 Å². The number of nitrogens with one attached hydrogen (secondary N) is 1. The highest BCUT2D eigenvalue weighted by molar-refractivity contribution is 5.85. The Kier molecular flexibility index (Phi) is 8.08. The van der Waals surface area contributed by atoms with Gasteiger partial charge in [0.1, 0.15) is 5.75 Å². The van der Waals surface area contributed by atoms with E-state index in [-0.39, 0.29) is 23.8 Å². The molecule has 0 saturated carbocycles. The zero-order valence-electron chi connectivity index (χ0n) is 21.7. The third-order valence-electron chi connectivity index (χ3n) is 7.13. The summed E-state index contributed by atoms with van der Waals surface area (Å²) in [5.41, 5.74) is 4.78. The number of aromatic nitrogens is 2. The van der Waals surface area contributed by atoms with Crippen LogP contribution in [0.3, 0.4) is 0 Å². The Hall–Kier alpha value is -3.61. The van der Waals surface area contributed by atoms with Crippen LogP contribution in [-0.4, -0.2) is 40.1 Å². The van der Waals surface area contributed by atoms with Gasteiger partial charge >= 0.3 is 0 Å². The van der Waals surface area contributed by atoms with Crippen LogP contribution in [0, 0.1) is 19.8 Å². The third-order valence-corrected chi connectivity index (χ3v) is 7.13. The number of benzene rings is 2. The Morgan fingerprint density at radius 2 is 1.83 bits per heavy atom. The van der Waals surface area contributed by atoms with Gasteiger partial charge in [0, 0.05) is 36.3 Å². The van der Waals surface area contributed by atoms with Gasteiger partial charge in [-0.05, 0) is 44.9 Å². The average Bonchev–Trinajstić information content (AvgIpc) is 3.19. The number of likely N-dealkylation sites (tertiary alicyclic amines) is 1. The molecule has 0 radical (unpaired) electrons. The number of aryl methyl sites for hydroxylation is 1. The summed E-state index contributed by atoms with van der Waals surface area (Å²) in [5, 5.41) is 7.88. The van der Waals surface area contributed by atoms with Gasteiger partial charge in [-0.2, -0.15) is 5.10 Å². The largest absolute Gasteiger partial charge is 0.496 e. The van der Waals surface area contributed by atoms with Crippen molar-refractivity contribution in [2.24, 2.45) is 5.92 Å². The van der Waals surface area contributed by atoms with E-state index in [1.54, 1.807) is 7.11 Å². The summed E-state index contributed by atoms with van der Waals surface area (Å²) in [6.45, 7) is 7.12. The number of amides is 2. The second kappa shape index (κ2) is 11.4. The molecule has 1 aliphatic heterocycles. The van der Waals surface area contributed by atoms with Crippen molar-refractivity contribution in [3.8, 4) is 11.4 Å². The van der Waals surface area contributed by atoms with Gasteiger partial charge in [-0.3, -0.25) is 9.59 Å². The lowest BCUT2D eigenvalue weighted by Crippen LogP contribution is -2.48. The molecule has 36 heavy (non-hydrogen) atoms. The molecule has 7 nitrogen and oxygen atoms in total. The van der Waals surface area contributed by atoms with E-state index in [1.807, 2.05) is 78.0 Å². The van der Waals surface area contributed by atoms with Gasteiger partial charge < -0.3 is 15.0 Å². The molecule has 2 aromatic carbocycles. The van der Waals surface area contributed by atoms with Crippen molar-refractivity contribution in [3.05, 3.63) is 77.1 Å². The molecule has 7 heteroatoms. The van der Waals surface area contributed by atoms with Crippen molar-refractivity contribution in [3.63, 3.8) is 0 Å². The van der Waals surface area contributed by atoms with Gasteiger partial charge in [-0.15, -0.1) is 0 Å². The minimum Gasteiger partial charge on any atom is -0.496 e. The Bertz CT molecular complexity index is 1200. The molecule has 1 aromatic heterocycles. The average molecular weight is 489 g/mol. The number of hydrogen-bond donors (Lipinski definition) is 1. The second-order valence-electron chi connectivity index (χ2n) is 9.39. The van der Waals surface area contributed by atoms with Crippen molar-refractivity contribution >= 4 is 11.8 Å². The van der Waals surface area contributed by atoms with E-state index < -0.39 is 0 Å². The Labute approximate surface area is 213 Å². The zero-order chi connectivity index (χ0) is 25.7. The van der Waals surface area contributed by atoms with Crippen LogP contribution >= 0.6 is 0 Å². The van der Waals surface area contributed by atoms with Gasteiger partial charge in [0.25, 0.3) is 0 Å². The Balaban J connectivity index is 1.59. The highest BCUT2D eigenvalue weighted by Crippen LogP contribution is 2.41. The normalized spacial score (nSPS) is 17.8. The molecular weight excluding hydrogens is 452 g/mol. The van der Waals surface area contributed by atoms with Crippen LogP contribution in [0.15, 0.2) is 54.6 Å². The fourth-order valence-corrected chi connectivity index (χ4v) is 5.17. The predicted octanol–water partition coefficient (Wildman–Crippen LogP) is 4.89. The van der Waals surface area contributed by atoms with E-state index in [2.05, 4.69) is 12.2 Å². The summed E-state index contributed by atoms with van der Waals surface area (Å²) >= 11 is 0. The molecule has 1 aliphatic rings. The molecule has 190 valence electrons. The number of carbonyl (C=O) groups is 2. The van der Waals surface area contributed by atoms with Crippen LogP contribution < -0.4 is 10.1 Å². The van der Waals surface area contributed by atoms with Crippen LogP contribution in [0.2, 0.25) is 0 Å². The van der Waals surface area contributed by atoms with Crippen molar-refractivity contribution < 1.29 is 14.3 Å². The molecule has 1 saturated heterocycles. The highest BCUT2D eigenvalue weighted by Gasteiger charge is 2.41. The molecule has 1 fully saturated rings. The minimum atomic E-state index is -0.361. The summed E-state index contributed by atoms with van der Waals surface area (Å²) in [6, 6.07) is 17.3. The first-order valence-corrected chi connectivity index (χ1v) is 12.8. The Morgan fingerprint density at radius 3 is 2.56 bits per heavy atom. The van der Waals surface area contributed by atoms with Crippen molar-refractivity contribution in [1.82, 2.24) is 20.0 Å². The zero-order valence-corrected chi connectivity index (χ0v) is 21.7. The third kappa shape index (κ3) is 5.15. The van der Waals surface area contributed by atoms with Gasteiger partial charge in [-0.1, -0.05) is 49.7 Å². The number of carbonyl (C=O) groups excluding carboxylic acids is 2. The summed E-state index contributed by atoms with van der Waals surface area (Å²) < 4.78 is 7.56. The molecule has 0 bridgehead atoms. The topological polar surface area (TPSA) is 76.5 Å². The lowest BCUT2D eigenvalue weighted by atomic mass is 9.83. The van der Waals surface area contributed by atoms with E-state index in [9.17, 15) is 9.59 Å². The van der Waals surface area contributed by atoms with E-state index in [0.29, 0.717) is 31.7 Å². The standard InChI is InChI=1S/C29H36N4O3/c1-5-6-18-32-27(34)17-16-24(28(32)23-14-10-11-15-26(23)36-4)29(35)30-19-25-20(2)31-33(21(25)3)22-12-8-7-9-13-22/h7-15,24,28H,5-6,16-19H2,1-4H3,(H,30,35). The van der Waals surface area contributed by atoms with E-state index >= 15 is 0 Å². The molecule has 3 aromatic rings. The molecule has 0 aliphatic carbocycles. The van der Waals surface area contributed by atoms with Crippen LogP contribution in [0.1, 0.15) is 61.2 Å². The summed E-state index contributed by atoms with van der Waals surface area (Å²) in [5.74, 6) is 0.387. The number of methoxy groups -OCH3 is 1. The quantitative estimate of drug-likeness (QED) is 0.465. The molecule has 2 heterocycles. The van der Waals surface area contributed by atoms with E-state index in [4.69, 9.17) is 9.84 Å². The number of ether oxygens (including phenoxy) is 1. The van der Waals surface area contributed by atoms with Gasteiger partial charge in [-0.25, -0.2) is 4.68 Å². The number of unbranched alkanes of at least 4 members (excludes halogenated alkanes) is 1. The maximum atomic E-state index is 13.7. The van der Waals surface area contributed by atoms with Crippen LogP contribution in [0.5, 0.6) is 5.75 Å². The second-order valence-corrected chi connectivity index (χ2v) is 9.39. The first-order chi connectivity index (χ1) is 17.5. The fourth-order valence-electron chi connectivity index (χ4n) is 5.17. The van der Waals surface area contributed by atoms with Gasteiger partial charge in [0.2, 0.25) is 11.8 Å². The Morgan fingerprint density at radius 1 is 1.11 bits per heavy atom. The number of para-hydroxylation sites is 2. The molecule has 4 rings (SSSR count). The minimum absolute atomic E-state index is 0.0498. The first-order valence-electron chi connectivity index (χ1n) is 12.8. The van der Waals surface area contributed by atoms with E-state index in [1.165, 1.54) is 0 Å².